The van der Waals surface area contributed by atoms with Crippen molar-refractivity contribution < 1.29 is 48.0 Å². The summed E-state index contributed by atoms with van der Waals surface area (Å²) in [5.41, 5.74) is -0.552. The zero-order valence-electron chi connectivity index (χ0n) is 37.1. The van der Waals surface area contributed by atoms with Crippen LogP contribution in [0.25, 0.3) is 10.9 Å². The van der Waals surface area contributed by atoms with E-state index in [0.29, 0.717) is 32.2 Å². The van der Waals surface area contributed by atoms with Gasteiger partial charge in [-0.05, 0) is 104 Å². The monoisotopic (exact) mass is 823 g/mol. The molecule has 0 bridgehead atoms. The Morgan fingerprint density at radius 2 is 1.68 bits per heavy atom. The van der Waals surface area contributed by atoms with Crippen molar-refractivity contribution >= 4 is 34.5 Å². The number of pyridine rings is 1. The number of hydrogen-bond donors (Lipinski definition) is 1. The Bertz CT molecular complexity index is 1780. The summed E-state index contributed by atoms with van der Waals surface area (Å²) >= 11 is 0. The summed E-state index contributed by atoms with van der Waals surface area (Å²) in [6.07, 6.45) is 1.57. The number of amides is 1. The van der Waals surface area contributed by atoms with Gasteiger partial charge in [0.05, 0.1) is 29.4 Å². The van der Waals surface area contributed by atoms with Gasteiger partial charge < -0.3 is 38.6 Å². The van der Waals surface area contributed by atoms with Crippen LogP contribution in [-0.2, 0) is 44.5 Å². The number of methoxy groups -OCH3 is 1. The highest BCUT2D eigenvalue weighted by Gasteiger charge is 2.60. The molecule has 328 valence electrons. The number of ether oxygens (including phenoxy) is 5. The van der Waals surface area contributed by atoms with Crippen LogP contribution in [0.1, 0.15) is 106 Å². The number of carbonyl (C=O) groups excluding carboxylic acids is 4. The van der Waals surface area contributed by atoms with Gasteiger partial charge in [0.15, 0.2) is 17.7 Å². The number of cyclic esters (lactones) is 1. The fraction of sp³-hybridized carbons (Fsp3) is 0.717. The molecule has 2 aromatic rings. The Hall–Kier alpha value is -3.49. The van der Waals surface area contributed by atoms with E-state index in [1.165, 1.54) is 19.6 Å². The van der Waals surface area contributed by atoms with E-state index >= 15 is 0 Å². The number of carbonyl (C=O) groups is 4. The minimum absolute atomic E-state index is 0.130. The zero-order chi connectivity index (χ0) is 43.4. The highest BCUT2D eigenvalue weighted by molar-refractivity contribution is 6.00. The Labute approximate surface area is 350 Å². The normalized spacial score (nSPS) is 36.4. The van der Waals surface area contributed by atoms with Gasteiger partial charge in [0.25, 0.3) is 0 Å². The summed E-state index contributed by atoms with van der Waals surface area (Å²) in [4.78, 5) is 65.6. The lowest BCUT2D eigenvalue weighted by molar-refractivity contribution is -0.295. The molecule has 2 unspecified atom stereocenters. The predicted molar refractivity (Wildman–Crippen MR) is 223 cm³/mol. The van der Waals surface area contributed by atoms with Crippen LogP contribution in [-0.4, -0.2) is 125 Å². The first-order valence-corrected chi connectivity index (χ1v) is 21.7. The maximum absolute atomic E-state index is 14.8. The topological polar surface area (TPSA) is 154 Å². The Morgan fingerprint density at radius 3 is 2.36 bits per heavy atom. The van der Waals surface area contributed by atoms with Crippen molar-refractivity contribution in [2.45, 2.75) is 161 Å². The van der Waals surface area contributed by atoms with E-state index in [-0.39, 0.29) is 24.3 Å². The maximum atomic E-state index is 14.8. The fourth-order valence-corrected chi connectivity index (χ4v) is 9.93. The molecule has 1 amide bonds. The van der Waals surface area contributed by atoms with Crippen molar-refractivity contribution in [1.29, 1.82) is 0 Å². The number of aromatic nitrogens is 1. The van der Waals surface area contributed by atoms with Crippen molar-refractivity contribution in [2.24, 2.45) is 23.7 Å². The highest BCUT2D eigenvalue weighted by Crippen LogP contribution is 2.43. The van der Waals surface area contributed by atoms with E-state index in [1.807, 2.05) is 77.2 Å². The van der Waals surface area contributed by atoms with Crippen LogP contribution in [0, 0.1) is 23.7 Å². The molecule has 13 heteroatoms. The number of nitrogens with zero attached hydrogens (tertiary/aromatic N) is 3. The van der Waals surface area contributed by atoms with Gasteiger partial charge in [0.2, 0.25) is 0 Å². The molecule has 59 heavy (non-hydrogen) atoms. The minimum atomic E-state index is -1.39. The molecule has 1 aromatic heterocycles. The van der Waals surface area contributed by atoms with Crippen LogP contribution in [0.5, 0.6) is 0 Å². The number of benzene rings is 1. The fourth-order valence-electron chi connectivity index (χ4n) is 9.93. The van der Waals surface area contributed by atoms with E-state index < -0.39 is 83.4 Å². The summed E-state index contributed by atoms with van der Waals surface area (Å²) in [6.45, 7) is 14.7. The van der Waals surface area contributed by atoms with Gasteiger partial charge in [-0.15, -0.1) is 0 Å². The van der Waals surface area contributed by atoms with Crippen molar-refractivity contribution in [3.05, 3.63) is 42.1 Å². The lowest BCUT2D eigenvalue weighted by Gasteiger charge is -2.47. The number of aliphatic hydroxyl groups is 1. The lowest BCUT2D eigenvalue weighted by Crippen LogP contribution is -2.60. The number of hydrogen-bond acceptors (Lipinski definition) is 12. The molecule has 1 N–H and O–H groups in total. The SMILES string of the molecule is CCCC[C@@H]1OC(=O)[C@H](C)C(=O)[C@H](C)[C@@H](OC2O[C@H](C)C[C@H](N(C)C)[C@H]2O)[C@@](C)(OC)C[C@@H](C)C(=O)[C@@H](C)C2N(CCCCc3ccnc4ccccc34)C(=O)O[C@@]21C. The third kappa shape index (κ3) is 9.85. The quantitative estimate of drug-likeness (QED) is 0.141. The van der Waals surface area contributed by atoms with Gasteiger partial charge in [0, 0.05) is 49.0 Å². The van der Waals surface area contributed by atoms with Crippen LogP contribution in [0.4, 0.5) is 4.79 Å². The maximum Gasteiger partial charge on any atom is 0.410 e. The molecular weight excluding hydrogens is 755 g/mol. The molecule has 0 saturated carbocycles. The molecular formula is C46H69N3O10. The summed E-state index contributed by atoms with van der Waals surface area (Å²) in [6, 6.07) is 9.00. The molecule has 3 aliphatic rings. The second kappa shape index (κ2) is 19.5. The van der Waals surface area contributed by atoms with Gasteiger partial charge >= 0.3 is 12.1 Å². The predicted octanol–water partition coefficient (Wildman–Crippen LogP) is 6.54. The standard InChI is InChI=1S/C46H69N3O10/c1-12-13-21-36-46(8)40(49(44(54)59-46)24-17-16-18-32-22-23-47-34-20-15-14-19-33(32)34)29(4)37(50)27(2)26-45(7,55-11)41(30(5)38(51)31(6)42(53)57-36)58-43-39(52)35(48(9)10)25-28(3)56-43/h14-15,19-20,22-23,27-31,35-36,39-41,43,52H,12-13,16-18,21,24-26H2,1-11H3/t27-,28-,29-,30+,31-,35+,36+,39-,40?,41-,43?,45+,46-/m1/s1. The Morgan fingerprint density at radius 1 is 0.966 bits per heavy atom. The van der Waals surface area contributed by atoms with Crippen molar-refractivity contribution in [3.8, 4) is 0 Å². The van der Waals surface area contributed by atoms with Gasteiger partial charge in [-0.2, -0.15) is 0 Å². The van der Waals surface area contributed by atoms with Crippen LogP contribution in [0.15, 0.2) is 36.5 Å². The lowest BCUT2D eigenvalue weighted by atomic mass is 9.73. The first-order chi connectivity index (χ1) is 27.9. The van der Waals surface area contributed by atoms with Crippen LogP contribution < -0.4 is 0 Å². The molecule has 0 radical (unpaired) electrons. The van der Waals surface area contributed by atoms with Crippen molar-refractivity contribution in [2.75, 3.05) is 27.7 Å². The van der Waals surface area contributed by atoms with E-state index in [2.05, 4.69) is 11.1 Å². The number of rotatable bonds is 12. The van der Waals surface area contributed by atoms with E-state index in [1.54, 1.807) is 25.7 Å². The summed E-state index contributed by atoms with van der Waals surface area (Å²) in [5.74, 6) is -4.86. The number of Topliss-reactive ketones (excluding diaryl/α,β-unsaturated/α-hetero) is 2. The number of para-hydroxylation sites is 1. The average molecular weight is 824 g/mol. The molecule has 3 saturated heterocycles. The van der Waals surface area contributed by atoms with E-state index in [4.69, 9.17) is 23.7 Å². The van der Waals surface area contributed by atoms with Gasteiger partial charge in [0.1, 0.15) is 23.9 Å². The molecule has 13 atom stereocenters. The molecule has 4 heterocycles. The number of fused-ring (bicyclic) bond motifs is 2. The number of unbranched alkanes of at least 4 members (excludes halogenated alkanes) is 2. The molecule has 0 aliphatic carbocycles. The molecule has 5 rings (SSSR count). The zero-order valence-corrected chi connectivity index (χ0v) is 37.1. The van der Waals surface area contributed by atoms with Gasteiger partial charge in [-0.1, -0.05) is 52.3 Å². The average Bonchev–Trinajstić information content (AvgIpc) is 3.47. The summed E-state index contributed by atoms with van der Waals surface area (Å²) < 4.78 is 31.6. The van der Waals surface area contributed by atoms with Gasteiger partial charge in [-0.3, -0.25) is 19.4 Å². The smallest absolute Gasteiger partial charge is 0.410 e. The Balaban J connectivity index is 1.49. The van der Waals surface area contributed by atoms with Crippen LogP contribution >= 0.6 is 0 Å². The number of aliphatic hydroxyl groups excluding tert-OH is 1. The van der Waals surface area contributed by atoms with Gasteiger partial charge in [-0.25, -0.2) is 4.79 Å². The first kappa shape index (κ1) is 46.6. The number of likely N-dealkylation sites (N-methyl/N-ethyl adjacent to an activating group) is 1. The first-order valence-electron chi connectivity index (χ1n) is 21.7. The van der Waals surface area contributed by atoms with E-state index in [9.17, 15) is 24.3 Å². The summed E-state index contributed by atoms with van der Waals surface area (Å²) in [7, 11) is 5.27. The number of ketones is 2. The third-order valence-electron chi connectivity index (χ3n) is 13.4. The number of esters is 1. The second-order valence-electron chi connectivity index (χ2n) is 18.1. The third-order valence-corrected chi connectivity index (χ3v) is 13.4. The molecule has 3 aliphatic heterocycles. The molecule has 3 fully saturated rings. The van der Waals surface area contributed by atoms with Crippen molar-refractivity contribution in [1.82, 2.24) is 14.8 Å². The molecule has 13 nitrogen and oxygen atoms in total. The Kier molecular flexibility index (Phi) is 15.4. The molecule has 0 spiro atoms. The largest absolute Gasteiger partial charge is 0.457 e. The van der Waals surface area contributed by atoms with Crippen LogP contribution in [0.3, 0.4) is 0 Å². The van der Waals surface area contributed by atoms with E-state index in [0.717, 1.165) is 30.2 Å². The highest BCUT2D eigenvalue weighted by atomic mass is 16.7. The van der Waals surface area contributed by atoms with Crippen molar-refractivity contribution in [3.63, 3.8) is 0 Å². The molecule has 1 aromatic carbocycles. The second-order valence-corrected chi connectivity index (χ2v) is 18.1. The number of aryl methyl sites for hydroxylation is 1. The minimum Gasteiger partial charge on any atom is -0.457 e. The summed E-state index contributed by atoms with van der Waals surface area (Å²) in [5, 5.41) is 12.6. The van der Waals surface area contributed by atoms with Crippen LogP contribution in [0.2, 0.25) is 0 Å².